The molecule has 2 atom stereocenters. The van der Waals surface area contributed by atoms with Crippen molar-refractivity contribution in [2.75, 3.05) is 17.1 Å². The van der Waals surface area contributed by atoms with E-state index in [1.807, 2.05) is 44.2 Å². The monoisotopic (exact) mass is 623 g/mol. The van der Waals surface area contributed by atoms with E-state index in [1.54, 1.807) is 24.3 Å². The Labute approximate surface area is 251 Å². The second-order valence-corrected chi connectivity index (χ2v) is 12.7. The molecule has 2 amide bonds. The Kier molecular flexibility index (Phi) is 11.3. The Morgan fingerprint density at radius 3 is 2.10 bits per heavy atom. The Hall–Kier alpha value is -2.78. The van der Waals surface area contributed by atoms with Gasteiger partial charge in [0, 0.05) is 29.1 Å². The predicted molar refractivity (Wildman–Crippen MR) is 162 cm³/mol. The van der Waals surface area contributed by atoms with Crippen molar-refractivity contribution in [2.45, 2.75) is 45.3 Å². The first-order valence-corrected chi connectivity index (χ1v) is 15.7. The van der Waals surface area contributed by atoms with Gasteiger partial charge in [0.2, 0.25) is 21.8 Å². The van der Waals surface area contributed by atoms with Crippen LogP contribution in [-0.4, -0.2) is 50.0 Å². The molecular weight excluding hydrogens is 593 g/mol. The average Bonchev–Trinajstić information content (AvgIpc) is 2.90. The number of halogens is 3. The predicted octanol–water partition coefficient (Wildman–Crippen LogP) is 5.97. The van der Waals surface area contributed by atoms with Gasteiger partial charge in [0.05, 0.1) is 17.0 Å². The van der Waals surface area contributed by atoms with E-state index in [-0.39, 0.29) is 35.6 Å². The van der Waals surface area contributed by atoms with Gasteiger partial charge in [-0.15, -0.1) is 0 Å². The van der Waals surface area contributed by atoms with Crippen molar-refractivity contribution in [3.63, 3.8) is 0 Å². The second kappa shape index (κ2) is 14.2. The summed E-state index contributed by atoms with van der Waals surface area (Å²) in [6, 6.07) is 19.6. The molecule has 0 aliphatic rings. The maximum absolute atomic E-state index is 14.1. The van der Waals surface area contributed by atoms with Gasteiger partial charge in [0.15, 0.2) is 0 Å². The zero-order chi connectivity index (χ0) is 29.4. The zero-order valence-electron chi connectivity index (χ0n) is 22.5. The van der Waals surface area contributed by atoms with E-state index in [1.165, 1.54) is 23.1 Å². The summed E-state index contributed by atoms with van der Waals surface area (Å²) >= 11 is 18.4. The maximum Gasteiger partial charge on any atom is 0.244 e. The fourth-order valence-corrected chi connectivity index (χ4v) is 5.61. The van der Waals surface area contributed by atoms with E-state index in [9.17, 15) is 18.0 Å². The normalized spacial score (nSPS) is 12.8. The second-order valence-electron chi connectivity index (χ2n) is 9.54. The summed E-state index contributed by atoms with van der Waals surface area (Å²) in [7, 11) is -3.95. The van der Waals surface area contributed by atoms with E-state index < -0.39 is 28.5 Å². The topological polar surface area (TPSA) is 86.8 Å². The molecule has 0 heterocycles. The molecule has 1 N–H and O–H groups in total. The number of nitrogens with one attached hydrogen (secondary N) is 1. The third-order valence-electron chi connectivity index (χ3n) is 6.40. The molecule has 40 heavy (non-hydrogen) atoms. The van der Waals surface area contributed by atoms with E-state index in [0.717, 1.165) is 21.7 Å². The molecule has 0 spiro atoms. The van der Waals surface area contributed by atoms with Crippen LogP contribution in [0.2, 0.25) is 15.1 Å². The summed E-state index contributed by atoms with van der Waals surface area (Å²) in [6.45, 7) is 3.31. The minimum absolute atomic E-state index is 0.0490. The number of nitrogens with zero attached hydrogens (tertiary/aromatic N) is 2. The minimum Gasteiger partial charge on any atom is -0.352 e. The van der Waals surface area contributed by atoms with Gasteiger partial charge >= 0.3 is 0 Å². The van der Waals surface area contributed by atoms with Crippen LogP contribution in [0.3, 0.4) is 0 Å². The van der Waals surface area contributed by atoms with Gasteiger partial charge in [-0.25, -0.2) is 8.42 Å². The first kappa shape index (κ1) is 31.7. The third kappa shape index (κ3) is 8.86. The standard InChI is InChI=1S/C29H32Cl3N3O4S/c1-4-20(2)33-29(37)27(16-21-8-6-5-7-9-21)34(18-22-10-12-23(30)13-11-22)28(36)19-35(40(3,38)39)26-15-14-24(31)17-25(26)32/h5-15,17,20,27H,4,16,18-19H2,1-3H3,(H,33,37)/t20-,27+/m1/s1. The van der Waals surface area contributed by atoms with Crippen LogP contribution in [0.5, 0.6) is 0 Å². The lowest BCUT2D eigenvalue weighted by molar-refractivity contribution is -0.140. The number of sulfonamides is 1. The minimum atomic E-state index is -3.95. The maximum atomic E-state index is 14.1. The fraction of sp³-hybridized carbons (Fsp3) is 0.310. The summed E-state index contributed by atoms with van der Waals surface area (Å²) < 4.78 is 26.7. The molecule has 3 aromatic rings. The average molecular weight is 625 g/mol. The number of benzene rings is 3. The van der Waals surface area contributed by atoms with E-state index in [0.29, 0.717) is 16.5 Å². The fourth-order valence-electron chi connectivity index (χ4n) is 4.06. The van der Waals surface area contributed by atoms with Crippen molar-refractivity contribution < 1.29 is 18.0 Å². The Morgan fingerprint density at radius 1 is 0.900 bits per heavy atom. The molecule has 0 fully saturated rings. The smallest absolute Gasteiger partial charge is 0.244 e. The number of rotatable bonds is 12. The number of carbonyl (C=O) groups excluding carboxylic acids is 2. The van der Waals surface area contributed by atoms with Gasteiger partial charge in [0.25, 0.3) is 0 Å². The molecule has 0 radical (unpaired) electrons. The van der Waals surface area contributed by atoms with Crippen molar-refractivity contribution in [3.05, 3.63) is 99.0 Å². The zero-order valence-corrected chi connectivity index (χ0v) is 25.6. The summed E-state index contributed by atoms with van der Waals surface area (Å²) in [4.78, 5) is 29.1. The summed E-state index contributed by atoms with van der Waals surface area (Å²) in [6.07, 6.45) is 1.92. The molecular formula is C29H32Cl3N3O4S. The molecule has 11 heteroatoms. The highest BCUT2D eigenvalue weighted by Gasteiger charge is 2.33. The molecule has 0 aliphatic carbocycles. The van der Waals surface area contributed by atoms with Crippen molar-refractivity contribution in [3.8, 4) is 0 Å². The molecule has 0 aromatic heterocycles. The molecule has 0 saturated carbocycles. The lowest BCUT2D eigenvalue weighted by Gasteiger charge is -2.34. The van der Waals surface area contributed by atoms with Gasteiger partial charge in [-0.05, 0) is 54.8 Å². The largest absolute Gasteiger partial charge is 0.352 e. The SMILES string of the molecule is CC[C@@H](C)NC(=O)[C@H](Cc1ccccc1)N(Cc1ccc(Cl)cc1)C(=O)CN(c1ccc(Cl)cc1Cl)S(C)(=O)=O. The van der Waals surface area contributed by atoms with Crippen LogP contribution in [0.25, 0.3) is 0 Å². The Balaban J connectivity index is 2.07. The number of anilines is 1. The van der Waals surface area contributed by atoms with Crippen molar-refractivity contribution in [1.82, 2.24) is 10.2 Å². The number of carbonyl (C=O) groups is 2. The molecule has 0 unspecified atom stereocenters. The van der Waals surface area contributed by atoms with Gasteiger partial charge in [-0.1, -0.05) is 84.2 Å². The summed E-state index contributed by atoms with van der Waals surface area (Å²) in [5.41, 5.74) is 1.68. The summed E-state index contributed by atoms with van der Waals surface area (Å²) in [5.74, 6) is -0.914. The Morgan fingerprint density at radius 2 is 1.52 bits per heavy atom. The van der Waals surface area contributed by atoms with Gasteiger partial charge in [-0.2, -0.15) is 0 Å². The van der Waals surface area contributed by atoms with E-state index in [4.69, 9.17) is 34.8 Å². The third-order valence-corrected chi connectivity index (χ3v) is 8.31. The number of amides is 2. The highest BCUT2D eigenvalue weighted by Crippen LogP contribution is 2.30. The van der Waals surface area contributed by atoms with E-state index >= 15 is 0 Å². The molecule has 214 valence electrons. The van der Waals surface area contributed by atoms with Crippen LogP contribution in [-0.2, 0) is 32.6 Å². The van der Waals surface area contributed by atoms with Crippen LogP contribution < -0.4 is 9.62 Å². The van der Waals surface area contributed by atoms with Crippen LogP contribution >= 0.6 is 34.8 Å². The van der Waals surface area contributed by atoms with Gasteiger partial charge in [0.1, 0.15) is 12.6 Å². The Bertz CT molecular complexity index is 1420. The van der Waals surface area contributed by atoms with Crippen LogP contribution in [0.1, 0.15) is 31.4 Å². The van der Waals surface area contributed by atoms with Crippen LogP contribution in [0, 0.1) is 0 Å². The van der Waals surface area contributed by atoms with Crippen LogP contribution in [0.15, 0.2) is 72.8 Å². The highest BCUT2D eigenvalue weighted by molar-refractivity contribution is 7.92. The number of hydrogen-bond acceptors (Lipinski definition) is 4. The van der Waals surface area contributed by atoms with Gasteiger partial charge < -0.3 is 10.2 Å². The van der Waals surface area contributed by atoms with Crippen molar-refractivity contribution in [2.24, 2.45) is 0 Å². The van der Waals surface area contributed by atoms with Crippen molar-refractivity contribution in [1.29, 1.82) is 0 Å². The molecule has 3 rings (SSSR count). The highest BCUT2D eigenvalue weighted by atomic mass is 35.5. The number of hydrogen-bond donors (Lipinski definition) is 1. The first-order chi connectivity index (χ1) is 18.9. The van der Waals surface area contributed by atoms with Crippen LogP contribution in [0.4, 0.5) is 5.69 Å². The molecule has 0 saturated heterocycles. The molecule has 0 aliphatic heterocycles. The summed E-state index contributed by atoms with van der Waals surface area (Å²) in [5, 5.41) is 3.91. The molecule has 3 aromatic carbocycles. The first-order valence-electron chi connectivity index (χ1n) is 12.7. The lowest BCUT2D eigenvalue weighted by atomic mass is 10.0. The lowest BCUT2D eigenvalue weighted by Crippen LogP contribution is -2.54. The quantitative estimate of drug-likeness (QED) is 0.269. The van der Waals surface area contributed by atoms with Gasteiger partial charge in [-0.3, -0.25) is 13.9 Å². The molecule has 0 bridgehead atoms. The molecule has 7 nitrogen and oxygen atoms in total. The van der Waals surface area contributed by atoms with E-state index in [2.05, 4.69) is 5.32 Å². The van der Waals surface area contributed by atoms with Crippen molar-refractivity contribution >= 4 is 62.3 Å².